The minimum Gasteiger partial charge on any atom is -0.389 e. The minimum atomic E-state index is -0.558. The molecule has 0 saturated heterocycles. The smallest absolute Gasteiger partial charge is 0.0768 e. The second-order valence-corrected chi connectivity index (χ2v) is 6.00. The fourth-order valence-electron chi connectivity index (χ4n) is 2.43. The van der Waals surface area contributed by atoms with Crippen LogP contribution in [0.15, 0.2) is 0 Å². The van der Waals surface area contributed by atoms with Crippen LogP contribution in [0.1, 0.15) is 59.8 Å². The van der Waals surface area contributed by atoms with Gasteiger partial charge in [0.25, 0.3) is 0 Å². The summed E-state index contributed by atoms with van der Waals surface area (Å²) < 4.78 is 0. The summed E-state index contributed by atoms with van der Waals surface area (Å²) in [4.78, 5) is 0. The molecule has 1 saturated carbocycles. The molecule has 1 aliphatic carbocycles. The highest BCUT2D eigenvalue weighted by atomic mass is 16.3. The summed E-state index contributed by atoms with van der Waals surface area (Å²) in [5.74, 6) is 1.26. The van der Waals surface area contributed by atoms with Crippen LogP contribution >= 0.6 is 0 Å². The summed E-state index contributed by atoms with van der Waals surface area (Å²) in [5, 5.41) is 13.9. The Bertz CT molecular complexity index is 195. The van der Waals surface area contributed by atoms with Gasteiger partial charge in [-0.1, -0.05) is 27.2 Å². The number of hydrogen-bond acceptors (Lipinski definition) is 2. The Labute approximate surface area is 101 Å². The van der Waals surface area contributed by atoms with Gasteiger partial charge in [-0.15, -0.1) is 0 Å². The normalized spacial score (nSPS) is 32.1. The summed E-state index contributed by atoms with van der Waals surface area (Å²) in [6.45, 7) is 9.30. The lowest BCUT2D eigenvalue weighted by Crippen LogP contribution is -2.47. The van der Waals surface area contributed by atoms with Gasteiger partial charge >= 0.3 is 0 Å². The van der Waals surface area contributed by atoms with E-state index in [0.717, 1.165) is 18.9 Å². The summed E-state index contributed by atoms with van der Waals surface area (Å²) in [6, 6.07) is 0.631. The van der Waals surface area contributed by atoms with Gasteiger partial charge in [0.15, 0.2) is 0 Å². The molecule has 1 fully saturated rings. The number of aliphatic hydroxyl groups is 1. The largest absolute Gasteiger partial charge is 0.389 e. The van der Waals surface area contributed by atoms with Crippen molar-refractivity contribution in [1.29, 1.82) is 0 Å². The summed E-state index contributed by atoms with van der Waals surface area (Å²) in [6.07, 6.45) is 6.26. The van der Waals surface area contributed by atoms with Crippen molar-refractivity contribution in [3.63, 3.8) is 0 Å². The zero-order valence-corrected chi connectivity index (χ0v) is 11.4. The molecule has 0 spiro atoms. The first-order valence-corrected chi connectivity index (χ1v) is 6.91. The first-order chi connectivity index (χ1) is 7.45. The van der Waals surface area contributed by atoms with E-state index in [9.17, 15) is 5.11 Å². The van der Waals surface area contributed by atoms with Gasteiger partial charge in [0.05, 0.1) is 5.60 Å². The van der Waals surface area contributed by atoms with Gasteiger partial charge < -0.3 is 10.4 Å². The zero-order valence-electron chi connectivity index (χ0n) is 11.4. The Hall–Kier alpha value is -0.0800. The Morgan fingerprint density at radius 3 is 2.38 bits per heavy atom. The molecule has 2 nitrogen and oxygen atoms in total. The van der Waals surface area contributed by atoms with Crippen LogP contribution in [-0.2, 0) is 0 Å². The molecule has 0 amide bonds. The van der Waals surface area contributed by atoms with E-state index in [1.54, 1.807) is 0 Å². The van der Waals surface area contributed by atoms with Gasteiger partial charge in [-0.3, -0.25) is 0 Å². The van der Waals surface area contributed by atoms with Gasteiger partial charge in [0.1, 0.15) is 0 Å². The van der Waals surface area contributed by atoms with E-state index in [2.05, 4.69) is 26.1 Å². The fourth-order valence-corrected chi connectivity index (χ4v) is 2.43. The third-order valence-electron chi connectivity index (χ3n) is 4.44. The fraction of sp³-hybridized carbons (Fsp3) is 1.00. The topological polar surface area (TPSA) is 32.3 Å². The number of hydrogen-bond donors (Lipinski definition) is 2. The highest BCUT2D eigenvalue weighted by Crippen LogP contribution is 2.25. The van der Waals surface area contributed by atoms with Crippen molar-refractivity contribution in [3.05, 3.63) is 0 Å². The highest BCUT2D eigenvalue weighted by Gasteiger charge is 2.28. The molecule has 0 aromatic rings. The molecule has 96 valence electrons. The molecule has 0 radical (unpaired) electrons. The Morgan fingerprint density at radius 2 is 1.88 bits per heavy atom. The Balaban J connectivity index is 2.28. The lowest BCUT2D eigenvalue weighted by Gasteiger charge is -2.34. The highest BCUT2D eigenvalue weighted by molar-refractivity contribution is 4.84. The van der Waals surface area contributed by atoms with Gasteiger partial charge in [-0.05, 0) is 44.4 Å². The molecule has 1 aliphatic rings. The molecule has 16 heavy (non-hydrogen) atoms. The molecule has 0 heterocycles. The average molecular weight is 227 g/mol. The molecule has 0 aromatic heterocycles. The quantitative estimate of drug-likeness (QED) is 0.757. The predicted octanol–water partition coefficient (Wildman–Crippen LogP) is 2.95. The molecule has 2 N–H and O–H groups in total. The summed E-state index contributed by atoms with van der Waals surface area (Å²) in [7, 11) is 0. The molecule has 2 heteroatoms. The standard InChI is InChI=1S/C14H29NO/c1-5-12(3)14(4,16)10-15-13-8-6-11(2)7-9-13/h11-13,15-16H,5-10H2,1-4H3. The average Bonchev–Trinajstić information content (AvgIpc) is 2.27. The van der Waals surface area contributed by atoms with Crippen molar-refractivity contribution >= 4 is 0 Å². The van der Waals surface area contributed by atoms with E-state index in [1.165, 1.54) is 25.7 Å². The van der Waals surface area contributed by atoms with Crippen molar-refractivity contribution < 1.29 is 5.11 Å². The van der Waals surface area contributed by atoms with Gasteiger partial charge in [-0.2, -0.15) is 0 Å². The molecule has 0 bridgehead atoms. The van der Waals surface area contributed by atoms with Crippen molar-refractivity contribution in [3.8, 4) is 0 Å². The van der Waals surface area contributed by atoms with Crippen molar-refractivity contribution in [1.82, 2.24) is 5.32 Å². The molecular formula is C14H29NO. The van der Waals surface area contributed by atoms with E-state index in [-0.39, 0.29) is 0 Å². The third kappa shape index (κ3) is 4.06. The van der Waals surface area contributed by atoms with Gasteiger partial charge in [0.2, 0.25) is 0 Å². The van der Waals surface area contributed by atoms with Crippen LogP contribution in [0, 0.1) is 11.8 Å². The van der Waals surface area contributed by atoms with Crippen LogP contribution in [0.5, 0.6) is 0 Å². The van der Waals surface area contributed by atoms with Gasteiger partial charge in [-0.25, -0.2) is 0 Å². The predicted molar refractivity (Wildman–Crippen MR) is 69.5 cm³/mol. The Kier molecular flexibility index (Phi) is 5.26. The van der Waals surface area contributed by atoms with Crippen LogP contribution in [0.25, 0.3) is 0 Å². The first kappa shape index (κ1) is 14.0. The maximum absolute atomic E-state index is 10.3. The third-order valence-corrected chi connectivity index (χ3v) is 4.44. The molecule has 0 aliphatic heterocycles. The molecule has 2 unspecified atom stereocenters. The van der Waals surface area contributed by atoms with Crippen LogP contribution in [0.3, 0.4) is 0 Å². The van der Waals surface area contributed by atoms with Crippen LogP contribution in [0.2, 0.25) is 0 Å². The second kappa shape index (κ2) is 6.02. The second-order valence-electron chi connectivity index (χ2n) is 6.00. The molecule has 2 atom stereocenters. The summed E-state index contributed by atoms with van der Waals surface area (Å²) >= 11 is 0. The molecular weight excluding hydrogens is 198 g/mol. The lowest BCUT2D eigenvalue weighted by molar-refractivity contribution is 0.00197. The SMILES string of the molecule is CCC(C)C(C)(O)CNC1CCC(C)CC1. The van der Waals surface area contributed by atoms with Crippen LogP contribution < -0.4 is 5.32 Å². The monoisotopic (exact) mass is 227 g/mol. The first-order valence-electron chi connectivity index (χ1n) is 6.91. The minimum absolute atomic E-state index is 0.363. The van der Waals surface area contributed by atoms with Crippen LogP contribution in [0.4, 0.5) is 0 Å². The van der Waals surface area contributed by atoms with E-state index in [1.807, 2.05) is 6.92 Å². The van der Waals surface area contributed by atoms with E-state index < -0.39 is 5.60 Å². The van der Waals surface area contributed by atoms with Crippen LogP contribution in [-0.4, -0.2) is 23.3 Å². The van der Waals surface area contributed by atoms with Crippen molar-refractivity contribution in [2.45, 2.75) is 71.4 Å². The lowest BCUT2D eigenvalue weighted by atomic mass is 9.85. The van der Waals surface area contributed by atoms with Gasteiger partial charge in [0, 0.05) is 12.6 Å². The maximum Gasteiger partial charge on any atom is 0.0768 e. The van der Waals surface area contributed by atoms with E-state index >= 15 is 0 Å². The van der Waals surface area contributed by atoms with E-state index in [0.29, 0.717) is 12.0 Å². The molecule has 0 aromatic carbocycles. The number of rotatable bonds is 5. The number of nitrogens with one attached hydrogen (secondary N) is 1. The maximum atomic E-state index is 10.3. The van der Waals surface area contributed by atoms with Crippen molar-refractivity contribution in [2.75, 3.05) is 6.54 Å². The zero-order chi connectivity index (χ0) is 12.2. The van der Waals surface area contributed by atoms with Crippen molar-refractivity contribution in [2.24, 2.45) is 11.8 Å². The summed E-state index contributed by atoms with van der Waals surface area (Å²) in [5.41, 5.74) is -0.558. The van der Waals surface area contributed by atoms with E-state index in [4.69, 9.17) is 0 Å². The molecule has 1 rings (SSSR count). The Morgan fingerprint density at radius 1 is 1.31 bits per heavy atom.